The summed E-state index contributed by atoms with van der Waals surface area (Å²) in [6, 6.07) is 17.9. The fraction of sp³-hybridized carbons (Fsp3) is 0.286. The molecule has 0 saturated carbocycles. The number of nitrogens with one attached hydrogen (secondary N) is 1. The van der Waals surface area contributed by atoms with Gasteiger partial charge in [-0.15, -0.1) is 0 Å². The molecule has 1 atom stereocenters. The van der Waals surface area contributed by atoms with Gasteiger partial charge in [0.25, 0.3) is 0 Å². The molecule has 0 bridgehead atoms. The average Bonchev–Trinajstić information content (AvgIpc) is 2.64. The molecule has 0 fully saturated rings. The van der Waals surface area contributed by atoms with Crippen molar-refractivity contribution in [3.8, 4) is 5.75 Å². The summed E-state index contributed by atoms with van der Waals surface area (Å²) in [7, 11) is 1.60. The van der Waals surface area contributed by atoms with E-state index in [0.717, 1.165) is 23.8 Å². The predicted molar refractivity (Wildman–Crippen MR) is 100 cm³/mol. The Bertz CT molecular complexity index is 887. The van der Waals surface area contributed by atoms with E-state index in [2.05, 4.69) is 36.5 Å². The lowest BCUT2D eigenvalue weighted by molar-refractivity contribution is 0.414. The van der Waals surface area contributed by atoms with Crippen molar-refractivity contribution in [1.82, 2.24) is 5.32 Å². The minimum Gasteiger partial charge on any atom is -0.497 e. The molecule has 3 rings (SSSR count). The minimum absolute atomic E-state index is 0.338. The summed E-state index contributed by atoms with van der Waals surface area (Å²) in [5.41, 5.74) is 2.50. The highest BCUT2D eigenvalue weighted by atomic mass is 16.5. The van der Waals surface area contributed by atoms with Crippen molar-refractivity contribution in [3.05, 3.63) is 76.1 Å². The quantitative estimate of drug-likeness (QED) is 0.664. The minimum atomic E-state index is -0.338. The van der Waals surface area contributed by atoms with Gasteiger partial charge >= 0.3 is 5.63 Å². The van der Waals surface area contributed by atoms with Crippen LogP contribution in [0.5, 0.6) is 5.75 Å². The number of benzene rings is 2. The van der Waals surface area contributed by atoms with Gasteiger partial charge in [-0.2, -0.15) is 0 Å². The lowest BCUT2D eigenvalue weighted by Crippen LogP contribution is -2.26. The molecule has 0 unspecified atom stereocenters. The molecule has 2 aromatic carbocycles. The van der Waals surface area contributed by atoms with E-state index in [1.807, 2.05) is 18.2 Å². The topological polar surface area (TPSA) is 51.5 Å². The Labute approximate surface area is 147 Å². The molecule has 0 aliphatic carbocycles. The maximum absolute atomic E-state index is 11.8. The van der Waals surface area contributed by atoms with E-state index in [9.17, 15) is 4.79 Å². The first-order chi connectivity index (χ1) is 12.2. The van der Waals surface area contributed by atoms with E-state index in [4.69, 9.17) is 9.15 Å². The molecule has 0 aliphatic heterocycles. The first-order valence-corrected chi connectivity index (χ1v) is 8.54. The summed E-state index contributed by atoms with van der Waals surface area (Å²) in [6.07, 6.45) is 2.07. The van der Waals surface area contributed by atoms with Gasteiger partial charge in [-0.3, -0.25) is 0 Å². The number of ether oxygens (including phenoxy) is 1. The van der Waals surface area contributed by atoms with Crippen LogP contribution in [0.1, 0.15) is 24.5 Å². The van der Waals surface area contributed by atoms with Gasteiger partial charge in [0, 0.05) is 30.1 Å². The highest BCUT2D eigenvalue weighted by Crippen LogP contribution is 2.22. The first kappa shape index (κ1) is 17.2. The summed E-state index contributed by atoms with van der Waals surface area (Å²) in [5, 5.41) is 4.44. The highest BCUT2D eigenvalue weighted by Gasteiger charge is 2.09. The van der Waals surface area contributed by atoms with Crippen LogP contribution in [0, 0.1) is 0 Å². The zero-order valence-electron chi connectivity index (χ0n) is 14.6. The Balaban J connectivity index is 1.67. The second kappa shape index (κ2) is 7.99. The molecule has 0 spiro atoms. The van der Waals surface area contributed by atoms with Gasteiger partial charge in [-0.1, -0.05) is 30.3 Å². The maximum Gasteiger partial charge on any atom is 0.336 e. The molecular formula is C21H23NO3. The van der Waals surface area contributed by atoms with E-state index < -0.39 is 0 Å². The Kier molecular flexibility index (Phi) is 5.51. The van der Waals surface area contributed by atoms with Crippen molar-refractivity contribution in [3.63, 3.8) is 0 Å². The third-order valence-electron chi connectivity index (χ3n) is 4.39. The molecule has 25 heavy (non-hydrogen) atoms. The normalized spacial score (nSPS) is 12.2. The van der Waals surface area contributed by atoms with Crippen LogP contribution in [-0.4, -0.2) is 13.2 Å². The number of hydrogen-bond acceptors (Lipinski definition) is 4. The fourth-order valence-electron chi connectivity index (χ4n) is 2.90. The lowest BCUT2D eigenvalue weighted by atomic mass is 10.1. The van der Waals surface area contributed by atoms with Gasteiger partial charge in [0.15, 0.2) is 0 Å². The fourth-order valence-corrected chi connectivity index (χ4v) is 2.90. The van der Waals surface area contributed by atoms with Crippen molar-refractivity contribution in [1.29, 1.82) is 0 Å². The van der Waals surface area contributed by atoms with Gasteiger partial charge in [0.2, 0.25) is 0 Å². The summed E-state index contributed by atoms with van der Waals surface area (Å²) in [4.78, 5) is 11.8. The SMILES string of the molecule is COc1ccc2c(CN[C@H](C)CCc3ccccc3)cc(=O)oc2c1. The standard InChI is InChI=1S/C21H23NO3/c1-15(8-9-16-6-4-3-5-7-16)22-14-17-12-21(23)25-20-13-18(24-2)10-11-19(17)20/h3-7,10-13,15,22H,8-9,14H2,1-2H3/t15-/m1/s1. The second-order valence-electron chi connectivity index (χ2n) is 6.26. The van der Waals surface area contributed by atoms with Crippen molar-refractivity contribution in [2.45, 2.75) is 32.4 Å². The number of aryl methyl sites for hydroxylation is 1. The molecule has 1 heterocycles. The van der Waals surface area contributed by atoms with Crippen LogP contribution in [0.25, 0.3) is 11.0 Å². The smallest absolute Gasteiger partial charge is 0.336 e. The number of rotatable bonds is 7. The second-order valence-corrected chi connectivity index (χ2v) is 6.26. The Morgan fingerprint density at radius 3 is 2.68 bits per heavy atom. The van der Waals surface area contributed by atoms with Gasteiger partial charge in [-0.25, -0.2) is 4.79 Å². The summed E-state index contributed by atoms with van der Waals surface area (Å²) in [5.74, 6) is 0.678. The van der Waals surface area contributed by atoms with Gasteiger partial charge < -0.3 is 14.5 Å². The Morgan fingerprint density at radius 2 is 1.92 bits per heavy atom. The first-order valence-electron chi connectivity index (χ1n) is 8.54. The zero-order chi connectivity index (χ0) is 17.6. The van der Waals surface area contributed by atoms with Crippen molar-refractivity contribution < 1.29 is 9.15 Å². The Hall–Kier alpha value is -2.59. The van der Waals surface area contributed by atoms with Crippen molar-refractivity contribution in [2.24, 2.45) is 0 Å². The monoisotopic (exact) mass is 337 g/mol. The molecular weight excluding hydrogens is 314 g/mol. The molecule has 0 saturated heterocycles. The third-order valence-corrected chi connectivity index (χ3v) is 4.39. The van der Waals surface area contributed by atoms with Gasteiger partial charge in [0.1, 0.15) is 11.3 Å². The third kappa shape index (κ3) is 4.48. The highest BCUT2D eigenvalue weighted by molar-refractivity contribution is 5.81. The molecule has 3 aromatic rings. The molecule has 1 aromatic heterocycles. The van der Waals surface area contributed by atoms with Crippen LogP contribution < -0.4 is 15.7 Å². The molecule has 0 aliphatic rings. The molecule has 4 heteroatoms. The van der Waals surface area contributed by atoms with Gasteiger partial charge in [-0.05, 0) is 43.0 Å². The molecule has 1 N–H and O–H groups in total. The van der Waals surface area contributed by atoms with Crippen LogP contribution in [0.15, 0.2) is 63.8 Å². The van der Waals surface area contributed by atoms with Crippen LogP contribution in [0.3, 0.4) is 0 Å². The molecule has 130 valence electrons. The predicted octanol–water partition coefficient (Wildman–Crippen LogP) is 3.91. The van der Waals surface area contributed by atoms with E-state index in [1.54, 1.807) is 19.2 Å². The van der Waals surface area contributed by atoms with E-state index in [-0.39, 0.29) is 5.63 Å². The Morgan fingerprint density at radius 1 is 1.12 bits per heavy atom. The van der Waals surface area contributed by atoms with Gasteiger partial charge in [0.05, 0.1) is 7.11 Å². The van der Waals surface area contributed by atoms with E-state index >= 15 is 0 Å². The van der Waals surface area contributed by atoms with E-state index in [1.165, 1.54) is 5.56 Å². The van der Waals surface area contributed by atoms with Crippen LogP contribution in [0.2, 0.25) is 0 Å². The molecule has 0 amide bonds. The average molecular weight is 337 g/mol. The van der Waals surface area contributed by atoms with Crippen molar-refractivity contribution >= 4 is 11.0 Å². The van der Waals surface area contributed by atoms with Crippen LogP contribution in [0.4, 0.5) is 0 Å². The summed E-state index contributed by atoms with van der Waals surface area (Å²) < 4.78 is 10.5. The van der Waals surface area contributed by atoms with Crippen molar-refractivity contribution in [2.75, 3.05) is 7.11 Å². The maximum atomic E-state index is 11.8. The largest absolute Gasteiger partial charge is 0.497 e. The van der Waals surface area contributed by atoms with E-state index in [0.29, 0.717) is 23.9 Å². The number of methoxy groups -OCH3 is 1. The number of hydrogen-bond donors (Lipinski definition) is 1. The number of fused-ring (bicyclic) bond motifs is 1. The molecule has 0 radical (unpaired) electrons. The summed E-state index contributed by atoms with van der Waals surface area (Å²) in [6.45, 7) is 2.80. The lowest BCUT2D eigenvalue weighted by Gasteiger charge is -2.15. The zero-order valence-corrected chi connectivity index (χ0v) is 14.6. The molecule has 4 nitrogen and oxygen atoms in total. The summed E-state index contributed by atoms with van der Waals surface area (Å²) >= 11 is 0. The van der Waals surface area contributed by atoms with Crippen LogP contribution >= 0.6 is 0 Å². The van der Waals surface area contributed by atoms with Crippen LogP contribution in [-0.2, 0) is 13.0 Å².